The van der Waals surface area contributed by atoms with Crippen molar-refractivity contribution in [2.24, 2.45) is 0 Å². The number of terminal acetylenes is 1. The van der Waals surface area contributed by atoms with Crippen LogP contribution in [0.15, 0.2) is 42.7 Å². The first-order chi connectivity index (χ1) is 10.2. The summed E-state index contributed by atoms with van der Waals surface area (Å²) in [5.41, 5.74) is 2.13. The predicted octanol–water partition coefficient (Wildman–Crippen LogP) is 4.15. The molecule has 102 valence electrons. The van der Waals surface area contributed by atoms with Crippen LogP contribution < -0.4 is 5.32 Å². The first kappa shape index (κ1) is 13.3. The van der Waals surface area contributed by atoms with E-state index >= 15 is 0 Å². The Balaban J connectivity index is 2.07. The number of hydrogen-bond donors (Lipinski definition) is 1. The van der Waals surface area contributed by atoms with Crippen molar-refractivity contribution >= 4 is 34.0 Å². The second-order valence-corrected chi connectivity index (χ2v) is 4.76. The van der Waals surface area contributed by atoms with Crippen molar-refractivity contribution in [1.82, 2.24) is 9.97 Å². The van der Waals surface area contributed by atoms with E-state index in [1.807, 2.05) is 18.2 Å². The molecule has 0 saturated heterocycles. The van der Waals surface area contributed by atoms with Crippen LogP contribution in [0.5, 0.6) is 0 Å². The van der Waals surface area contributed by atoms with Gasteiger partial charge in [-0.3, -0.25) is 0 Å². The molecule has 0 spiro atoms. The maximum absolute atomic E-state index is 13.2. The Bertz CT molecular complexity index is 871. The van der Waals surface area contributed by atoms with Crippen LogP contribution in [0.25, 0.3) is 10.9 Å². The van der Waals surface area contributed by atoms with Crippen LogP contribution in [0.3, 0.4) is 0 Å². The largest absolute Gasteiger partial charge is 0.340 e. The molecule has 0 aliphatic rings. The van der Waals surface area contributed by atoms with Crippen LogP contribution >= 0.6 is 11.6 Å². The molecule has 0 aliphatic heterocycles. The summed E-state index contributed by atoms with van der Waals surface area (Å²) in [6.07, 6.45) is 6.86. The predicted molar refractivity (Wildman–Crippen MR) is 82.2 cm³/mol. The molecule has 21 heavy (non-hydrogen) atoms. The highest BCUT2D eigenvalue weighted by molar-refractivity contribution is 6.31. The Hall–Kier alpha value is -2.64. The minimum Gasteiger partial charge on any atom is -0.340 e. The van der Waals surface area contributed by atoms with Gasteiger partial charge < -0.3 is 5.32 Å². The number of benzene rings is 2. The van der Waals surface area contributed by atoms with E-state index in [-0.39, 0.29) is 5.02 Å². The number of aromatic nitrogens is 2. The molecule has 3 rings (SSSR count). The van der Waals surface area contributed by atoms with Gasteiger partial charge in [-0.15, -0.1) is 6.42 Å². The molecule has 1 aromatic heterocycles. The topological polar surface area (TPSA) is 37.8 Å². The van der Waals surface area contributed by atoms with Crippen LogP contribution in [0, 0.1) is 18.2 Å². The molecular formula is C16H9ClFN3. The summed E-state index contributed by atoms with van der Waals surface area (Å²) in [4.78, 5) is 8.39. The number of nitrogens with one attached hydrogen (secondary N) is 1. The number of hydrogen-bond acceptors (Lipinski definition) is 3. The average Bonchev–Trinajstić information content (AvgIpc) is 2.51. The van der Waals surface area contributed by atoms with E-state index in [4.69, 9.17) is 18.0 Å². The number of halogens is 2. The molecular weight excluding hydrogens is 289 g/mol. The van der Waals surface area contributed by atoms with Crippen molar-refractivity contribution in [3.8, 4) is 12.3 Å². The quantitative estimate of drug-likeness (QED) is 0.722. The summed E-state index contributed by atoms with van der Waals surface area (Å²) in [5.74, 6) is 2.69. The second-order valence-electron chi connectivity index (χ2n) is 4.35. The maximum atomic E-state index is 13.2. The van der Waals surface area contributed by atoms with Gasteiger partial charge in [-0.05, 0) is 36.4 Å². The lowest BCUT2D eigenvalue weighted by Gasteiger charge is -2.09. The zero-order valence-corrected chi connectivity index (χ0v) is 11.5. The van der Waals surface area contributed by atoms with E-state index in [1.165, 1.54) is 18.5 Å². The number of anilines is 2. The normalized spacial score (nSPS) is 10.3. The summed E-state index contributed by atoms with van der Waals surface area (Å²) < 4.78 is 13.2. The van der Waals surface area contributed by atoms with Crippen molar-refractivity contribution in [2.45, 2.75) is 0 Å². The van der Waals surface area contributed by atoms with E-state index in [1.54, 1.807) is 6.07 Å². The summed E-state index contributed by atoms with van der Waals surface area (Å²) >= 11 is 5.77. The Morgan fingerprint density at radius 3 is 2.76 bits per heavy atom. The van der Waals surface area contributed by atoms with E-state index < -0.39 is 5.82 Å². The smallest absolute Gasteiger partial charge is 0.141 e. The maximum Gasteiger partial charge on any atom is 0.141 e. The Morgan fingerprint density at radius 1 is 1.14 bits per heavy atom. The van der Waals surface area contributed by atoms with Gasteiger partial charge >= 0.3 is 0 Å². The Labute approximate surface area is 125 Å². The molecule has 1 heterocycles. The molecule has 0 amide bonds. The van der Waals surface area contributed by atoms with Crippen LogP contribution in [0.2, 0.25) is 5.02 Å². The standard InChI is InChI=1S/C16H9ClFN3/c1-2-10-3-6-15-12(7-10)16(20-9-19-15)21-11-4-5-14(18)13(17)8-11/h1,3-9H,(H,19,20,21). The first-order valence-electron chi connectivity index (χ1n) is 6.11. The molecule has 0 radical (unpaired) electrons. The third-order valence-electron chi connectivity index (χ3n) is 2.98. The van der Waals surface area contributed by atoms with Gasteiger partial charge in [0.2, 0.25) is 0 Å². The van der Waals surface area contributed by atoms with Crippen LogP contribution in [0.4, 0.5) is 15.9 Å². The molecule has 0 aliphatic carbocycles. The summed E-state index contributed by atoms with van der Waals surface area (Å²) in [6.45, 7) is 0. The zero-order chi connectivity index (χ0) is 14.8. The molecule has 5 heteroatoms. The van der Waals surface area contributed by atoms with Crippen molar-refractivity contribution in [3.63, 3.8) is 0 Å². The summed E-state index contributed by atoms with van der Waals surface area (Å²) in [6, 6.07) is 9.84. The third kappa shape index (κ3) is 2.64. The van der Waals surface area contributed by atoms with Gasteiger partial charge in [-0.2, -0.15) is 0 Å². The second kappa shape index (κ2) is 5.39. The first-order valence-corrected chi connectivity index (χ1v) is 6.48. The molecule has 0 atom stereocenters. The highest BCUT2D eigenvalue weighted by Crippen LogP contribution is 2.26. The van der Waals surface area contributed by atoms with Crippen molar-refractivity contribution in [3.05, 3.63) is 59.1 Å². The number of rotatable bonds is 2. The fourth-order valence-corrected chi connectivity index (χ4v) is 2.14. The molecule has 2 aromatic carbocycles. The van der Waals surface area contributed by atoms with Crippen molar-refractivity contribution in [1.29, 1.82) is 0 Å². The SMILES string of the molecule is C#Cc1ccc2ncnc(Nc3ccc(F)c(Cl)c3)c2c1. The van der Waals surface area contributed by atoms with E-state index in [0.29, 0.717) is 11.5 Å². The molecule has 3 aromatic rings. The minimum atomic E-state index is -0.468. The number of nitrogens with zero attached hydrogens (tertiary/aromatic N) is 2. The highest BCUT2D eigenvalue weighted by Gasteiger charge is 2.06. The van der Waals surface area contributed by atoms with Gasteiger partial charge in [-0.25, -0.2) is 14.4 Å². The van der Waals surface area contributed by atoms with Crippen LogP contribution in [-0.2, 0) is 0 Å². The molecule has 0 fully saturated rings. The van der Waals surface area contributed by atoms with Gasteiger partial charge in [0.25, 0.3) is 0 Å². The number of fused-ring (bicyclic) bond motifs is 1. The Morgan fingerprint density at radius 2 is 2.00 bits per heavy atom. The zero-order valence-electron chi connectivity index (χ0n) is 10.8. The highest BCUT2D eigenvalue weighted by atomic mass is 35.5. The van der Waals surface area contributed by atoms with Crippen LogP contribution in [-0.4, -0.2) is 9.97 Å². The minimum absolute atomic E-state index is 0.0441. The van der Waals surface area contributed by atoms with Crippen molar-refractivity contribution < 1.29 is 4.39 Å². The molecule has 0 bridgehead atoms. The van der Waals surface area contributed by atoms with E-state index in [0.717, 1.165) is 16.5 Å². The van der Waals surface area contributed by atoms with E-state index in [9.17, 15) is 4.39 Å². The van der Waals surface area contributed by atoms with Gasteiger partial charge in [0, 0.05) is 16.6 Å². The van der Waals surface area contributed by atoms with E-state index in [2.05, 4.69) is 21.2 Å². The summed E-state index contributed by atoms with van der Waals surface area (Å²) in [7, 11) is 0. The van der Waals surface area contributed by atoms with Gasteiger partial charge in [0.05, 0.1) is 10.5 Å². The van der Waals surface area contributed by atoms with Gasteiger partial charge in [0.1, 0.15) is 18.0 Å². The molecule has 0 saturated carbocycles. The molecule has 0 unspecified atom stereocenters. The summed E-state index contributed by atoms with van der Waals surface area (Å²) in [5, 5.41) is 3.93. The van der Waals surface area contributed by atoms with Crippen LogP contribution in [0.1, 0.15) is 5.56 Å². The lowest BCUT2D eigenvalue weighted by atomic mass is 10.1. The Kier molecular flexibility index (Phi) is 3.43. The fourth-order valence-electron chi connectivity index (χ4n) is 1.96. The molecule has 3 nitrogen and oxygen atoms in total. The third-order valence-corrected chi connectivity index (χ3v) is 3.27. The lowest BCUT2D eigenvalue weighted by Crippen LogP contribution is -1.96. The molecule has 1 N–H and O–H groups in total. The average molecular weight is 298 g/mol. The van der Waals surface area contributed by atoms with Gasteiger partial charge in [-0.1, -0.05) is 17.5 Å². The fraction of sp³-hybridized carbons (Fsp3) is 0. The monoisotopic (exact) mass is 297 g/mol. The van der Waals surface area contributed by atoms with Gasteiger partial charge in [0.15, 0.2) is 0 Å². The lowest BCUT2D eigenvalue weighted by molar-refractivity contribution is 0.628. The van der Waals surface area contributed by atoms with Crippen molar-refractivity contribution in [2.75, 3.05) is 5.32 Å².